The third kappa shape index (κ3) is 6.99. The van der Waals surface area contributed by atoms with E-state index in [9.17, 15) is 14.7 Å². The van der Waals surface area contributed by atoms with Gasteiger partial charge in [0, 0.05) is 6.54 Å². The van der Waals surface area contributed by atoms with E-state index in [0.717, 1.165) is 4.90 Å². The molecule has 26 heavy (non-hydrogen) atoms. The number of halogens is 1. The fraction of sp³-hybridized carbons (Fsp3) is 0.688. The lowest BCUT2D eigenvalue weighted by Gasteiger charge is -2.28. The van der Waals surface area contributed by atoms with Crippen molar-refractivity contribution in [3.63, 3.8) is 0 Å². The molecule has 146 valence electrons. The van der Waals surface area contributed by atoms with E-state index in [1.54, 1.807) is 20.8 Å². The zero-order valence-corrected chi connectivity index (χ0v) is 16.6. The number of amides is 1. The fourth-order valence-corrected chi connectivity index (χ4v) is 2.28. The molecule has 0 radical (unpaired) electrons. The zero-order chi connectivity index (χ0) is 20.1. The Kier molecular flexibility index (Phi) is 7.55. The van der Waals surface area contributed by atoms with Crippen LogP contribution in [0, 0.1) is 11.8 Å². The maximum absolute atomic E-state index is 12.6. The summed E-state index contributed by atoms with van der Waals surface area (Å²) < 4.78 is 10.3. The third-order valence-electron chi connectivity index (χ3n) is 3.12. The van der Waals surface area contributed by atoms with Gasteiger partial charge in [-0.25, -0.2) is 9.69 Å². The second-order valence-electron chi connectivity index (χ2n) is 7.15. The van der Waals surface area contributed by atoms with Crippen molar-refractivity contribution < 1.29 is 24.2 Å². The molecule has 0 aliphatic rings. The van der Waals surface area contributed by atoms with Crippen molar-refractivity contribution in [1.82, 2.24) is 15.0 Å². The second kappa shape index (κ2) is 8.98. The predicted molar refractivity (Wildman–Crippen MR) is 95.5 cm³/mol. The molecule has 0 bridgehead atoms. The molecule has 1 N–H and O–H groups in total. The molecule has 0 aliphatic carbocycles. The lowest BCUT2D eigenvalue weighted by Crippen LogP contribution is -2.42. The van der Waals surface area contributed by atoms with Crippen LogP contribution in [0.3, 0.4) is 0 Å². The first-order valence-electron chi connectivity index (χ1n) is 8.11. The summed E-state index contributed by atoms with van der Waals surface area (Å²) >= 11 is 5.86. The molecule has 0 aliphatic heterocycles. The van der Waals surface area contributed by atoms with Crippen molar-refractivity contribution in [3.8, 4) is 6.01 Å². The fourth-order valence-electron chi connectivity index (χ4n) is 2.13. The molecule has 0 saturated carbocycles. The van der Waals surface area contributed by atoms with Crippen molar-refractivity contribution in [1.29, 1.82) is 0 Å². The van der Waals surface area contributed by atoms with Crippen molar-refractivity contribution in [2.45, 2.75) is 46.6 Å². The normalized spacial score (nSPS) is 12.6. The minimum absolute atomic E-state index is 0.0932. The van der Waals surface area contributed by atoms with Gasteiger partial charge in [-0.1, -0.05) is 13.8 Å². The molecule has 0 spiro atoms. The van der Waals surface area contributed by atoms with Crippen molar-refractivity contribution in [2.24, 2.45) is 11.8 Å². The Balaban J connectivity index is 3.27. The molecule has 0 saturated heterocycles. The molecule has 1 amide bonds. The van der Waals surface area contributed by atoms with E-state index in [2.05, 4.69) is 15.0 Å². The highest BCUT2D eigenvalue weighted by Gasteiger charge is 2.31. The van der Waals surface area contributed by atoms with Gasteiger partial charge in [-0.3, -0.25) is 4.79 Å². The number of carboxylic acid groups (broad SMARTS) is 1. The van der Waals surface area contributed by atoms with Crippen LogP contribution in [0.1, 0.15) is 41.0 Å². The predicted octanol–water partition coefficient (Wildman–Crippen LogP) is 3.02. The Labute approximate surface area is 157 Å². The monoisotopic (exact) mass is 388 g/mol. The van der Waals surface area contributed by atoms with Gasteiger partial charge in [0.25, 0.3) is 0 Å². The van der Waals surface area contributed by atoms with Crippen LogP contribution in [0.15, 0.2) is 0 Å². The standard InChI is InChI=1S/C16H25ClN4O5/c1-9(2)7-10(11(22)23)8-21(15(24)26-16(3,4)5)13-18-12(17)19-14(20-13)25-6/h9-10H,7-8H2,1-6H3,(H,22,23). The Bertz CT molecular complexity index is 648. The first-order chi connectivity index (χ1) is 11.9. The van der Waals surface area contributed by atoms with Gasteiger partial charge in [0.1, 0.15) is 5.60 Å². The van der Waals surface area contributed by atoms with Crippen LogP contribution in [-0.4, -0.2) is 51.4 Å². The van der Waals surface area contributed by atoms with Gasteiger partial charge in [-0.15, -0.1) is 0 Å². The Hall–Kier alpha value is -2.16. The summed E-state index contributed by atoms with van der Waals surface area (Å²) in [5.41, 5.74) is -0.785. The second-order valence-corrected chi connectivity index (χ2v) is 7.48. The molecular weight excluding hydrogens is 364 g/mol. The Morgan fingerprint density at radius 1 is 1.23 bits per heavy atom. The van der Waals surface area contributed by atoms with E-state index >= 15 is 0 Å². The number of methoxy groups -OCH3 is 1. The highest BCUT2D eigenvalue weighted by molar-refractivity contribution is 6.28. The molecule has 10 heteroatoms. The van der Waals surface area contributed by atoms with Gasteiger partial charge in [0.2, 0.25) is 11.2 Å². The summed E-state index contributed by atoms with van der Waals surface area (Å²) in [4.78, 5) is 37.0. The smallest absolute Gasteiger partial charge is 0.417 e. The molecule has 1 rings (SSSR count). The minimum Gasteiger partial charge on any atom is -0.481 e. The summed E-state index contributed by atoms with van der Waals surface area (Å²) in [6, 6.07) is -0.0932. The van der Waals surface area contributed by atoms with E-state index < -0.39 is 23.6 Å². The van der Waals surface area contributed by atoms with Gasteiger partial charge in [-0.2, -0.15) is 15.0 Å². The number of rotatable bonds is 7. The van der Waals surface area contributed by atoms with Gasteiger partial charge in [0.05, 0.1) is 13.0 Å². The number of hydrogen-bond donors (Lipinski definition) is 1. The number of nitrogens with zero attached hydrogens (tertiary/aromatic N) is 4. The molecule has 1 aromatic rings. The maximum Gasteiger partial charge on any atom is 0.417 e. The number of carbonyl (C=O) groups excluding carboxylic acids is 1. The van der Waals surface area contributed by atoms with E-state index in [0.29, 0.717) is 6.42 Å². The molecule has 1 aromatic heterocycles. The van der Waals surface area contributed by atoms with Crippen LogP contribution in [0.5, 0.6) is 6.01 Å². The van der Waals surface area contributed by atoms with Gasteiger partial charge in [-0.05, 0) is 44.7 Å². The van der Waals surface area contributed by atoms with Crippen molar-refractivity contribution in [3.05, 3.63) is 5.28 Å². The molecule has 1 unspecified atom stereocenters. The van der Waals surface area contributed by atoms with E-state index in [4.69, 9.17) is 21.1 Å². The number of hydrogen-bond acceptors (Lipinski definition) is 7. The first-order valence-corrected chi connectivity index (χ1v) is 8.49. The number of aliphatic carboxylic acids is 1. The minimum atomic E-state index is -1.03. The average Bonchev–Trinajstić information content (AvgIpc) is 2.48. The third-order valence-corrected chi connectivity index (χ3v) is 3.29. The quantitative estimate of drug-likeness (QED) is 0.757. The SMILES string of the molecule is COc1nc(Cl)nc(N(CC(CC(C)C)C(=O)O)C(=O)OC(C)(C)C)n1. The van der Waals surface area contributed by atoms with Crippen molar-refractivity contribution in [2.75, 3.05) is 18.6 Å². The van der Waals surface area contributed by atoms with Crippen LogP contribution in [0.2, 0.25) is 5.28 Å². The summed E-state index contributed by atoms with van der Waals surface area (Å²) in [6.45, 7) is 8.73. The lowest BCUT2D eigenvalue weighted by molar-refractivity contribution is -0.141. The lowest BCUT2D eigenvalue weighted by atomic mass is 9.97. The van der Waals surface area contributed by atoms with E-state index in [-0.39, 0.29) is 29.7 Å². The molecule has 0 fully saturated rings. The topological polar surface area (TPSA) is 115 Å². The number of carboxylic acids is 1. The van der Waals surface area contributed by atoms with Crippen LogP contribution in [0.25, 0.3) is 0 Å². The van der Waals surface area contributed by atoms with Gasteiger partial charge < -0.3 is 14.6 Å². The van der Waals surface area contributed by atoms with Crippen LogP contribution in [0.4, 0.5) is 10.7 Å². The number of anilines is 1. The number of ether oxygens (including phenoxy) is 2. The van der Waals surface area contributed by atoms with Crippen LogP contribution < -0.4 is 9.64 Å². The van der Waals surface area contributed by atoms with Crippen LogP contribution >= 0.6 is 11.6 Å². The molecule has 0 aromatic carbocycles. The van der Waals surface area contributed by atoms with Crippen LogP contribution in [-0.2, 0) is 9.53 Å². The number of aromatic nitrogens is 3. The average molecular weight is 389 g/mol. The Morgan fingerprint density at radius 3 is 2.31 bits per heavy atom. The molecule has 1 heterocycles. The van der Waals surface area contributed by atoms with Gasteiger partial charge in [0.15, 0.2) is 0 Å². The summed E-state index contributed by atoms with van der Waals surface area (Å²) in [5, 5.41) is 9.32. The summed E-state index contributed by atoms with van der Waals surface area (Å²) in [6.07, 6.45) is -0.415. The molecule has 1 atom stereocenters. The summed E-state index contributed by atoms with van der Waals surface area (Å²) in [5.74, 6) is -1.87. The maximum atomic E-state index is 12.6. The van der Waals surface area contributed by atoms with Gasteiger partial charge >= 0.3 is 18.1 Å². The number of carbonyl (C=O) groups is 2. The molecule has 9 nitrogen and oxygen atoms in total. The highest BCUT2D eigenvalue weighted by Crippen LogP contribution is 2.22. The Morgan fingerprint density at radius 2 is 1.85 bits per heavy atom. The first kappa shape index (κ1) is 21.9. The molecular formula is C16H25ClN4O5. The van der Waals surface area contributed by atoms with E-state index in [1.807, 2.05) is 13.8 Å². The van der Waals surface area contributed by atoms with E-state index in [1.165, 1.54) is 7.11 Å². The zero-order valence-electron chi connectivity index (χ0n) is 15.8. The summed E-state index contributed by atoms with van der Waals surface area (Å²) in [7, 11) is 1.34. The largest absolute Gasteiger partial charge is 0.481 e. The van der Waals surface area contributed by atoms with Crippen molar-refractivity contribution >= 4 is 29.6 Å². The highest BCUT2D eigenvalue weighted by atomic mass is 35.5.